The highest BCUT2D eigenvalue weighted by atomic mass is 35.5. The zero-order valence-corrected chi connectivity index (χ0v) is 21.9. The molecule has 1 rings (SSSR count). The number of methoxy groups -OCH3 is 1. The topological polar surface area (TPSA) is 105 Å². The first kappa shape index (κ1) is 30.2. The Morgan fingerprint density at radius 1 is 1.15 bits per heavy atom. The Kier molecular flexibility index (Phi) is 14.1. The summed E-state index contributed by atoms with van der Waals surface area (Å²) in [5.74, 6) is 0.274. The van der Waals surface area contributed by atoms with Gasteiger partial charge in [-0.05, 0) is 57.1 Å². The van der Waals surface area contributed by atoms with Gasteiger partial charge in [0.1, 0.15) is 5.75 Å². The van der Waals surface area contributed by atoms with Crippen molar-refractivity contribution in [1.29, 1.82) is 0 Å². The first-order chi connectivity index (χ1) is 16.1. The highest BCUT2D eigenvalue weighted by molar-refractivity contribution is 6.24. The highest BCUT2D eigenvalue weighted by Gasteiger charge is 2.28. The Morgan fingerprint density at radius 2 is 1.79 bits per heavy atom. The van der Waals surface area contributed by atoms with Gasteiger partial charge >= 0.3 is 0 Å². The molecule has 0 spiro atoms. The molecule has 2 amide bonds. The van der Waals surface area contributed by atoms with Crippen molar-refractivity contribution < 1.29 is 24.2 Å². The number of benzene rings is 1. The van der Waals surface area contributed by atoms with E-state index in [0.717, 1.165) is 19.3 Å². The van der Waals surface area contributed by atoms with E-state index in [4.69, 9.17) is 27.0 Å². The third-order valence-electron chi connectivity index (χ3n) is 5.94. The van der Waals surface area contributed by atoms with Crippen molar-refractivity contribution in [2.24, 2.45) is 17.6 Å². The SMILES string of the molecule is COCCCCOc1ccccc1C(=O)N(Cl)C[C@@H](C[C@H](N)[C@@H](O)CN(C=O)C(C)C)C(C)C. The molecule has 3 N–H and O–H groups in total. The number of unbranched alkanes of at least 4 members (excludes halogenated alkanes) is 1. The minimum Gasteiger partial charge on any atom is -0.493 e. The molecule has 0 heterocycles. The van der Waals surface area contributed by atoms with Gasteiger partial charge in [0.05, 0.1) is 18.3 Å². The van der Waals surface area contributed by atoms with E-state index in [9.17, 15) is 14.7 Å². The number of aliphatic hydroxyl groups excluding tert-OH is 1. The van der Waals surface area contributed by atoms with Crippen LogP contribution in [0.15, 0.2) is 24.3 Å². The molecule has 0 saturated carbocycles. The minimum absolute atomic E-state index is 0.0292. The van der Waals surface area contributed by atoms with Crippen LogP contribution >= 0.6 is 11.8 Å². The number of nitrogens with zero attached hydrogens (tertiary/aromatic N) is 2. The number of aliphatic hydroxyl groups is 1. The second-order valence-corrected chi connectivity index (χ2v) is 9.67. The van der Waals surface area contributed by atoms with Crippen LogP contribution in [-0.2, 0) is 9.53 Å². The van der Waals surface area contributed by atoms with Gasteiger partial charge in [0, 0.05) is 50.7 Å². The van der Waals surface area contributed by atoms with E-state index in [1.807, 2.05) is 33.8 Å². The van der Waals surface area contributed by atoms with Gasteiger partial charge in [-0.15, -0.1) is 0 Å². The third-order valence-corrected chi connectivity index (χ3v) is 6.23. The van der Waals surface area contributed by atoms with Crippen molar-refractivity contribution in [2.45, 2.75) is 65.1 Å². The van der Waals surface area contributed by atoms with Crippen molar-refractivity contribution in [2.75, 3.05) is 33.4 Å². The van der Waals surface area contributed by atoms with Gasteiger partial charge in [-0.1, -0.05) is 26.0 Å². The molecule has 3 atom stereocenters. The van der Waals surface area contributed by atoms with Gasteiger partial charge in [0.25, 0.3) is 5.91 Å². The predicted octanol–water partition coefficient (Wildman–Crippen LogP) is 3.31. The van der Waals surface area contributed by atoms with E-state index in [-0.39, 0.29) is 36.9 Å². The van der Waals surface area contributed by atoms with Gasteiger partial charge in [-0.25, -0.2) is 0 Å². The molecule has 1 aromatic carbocycles. The van der Waals surface area contributed by atoms with Crippen LogP contribution in [0.25, 0.3) is 0 Å². The summed E-state index contributed by atoms with van der Waals surface area (Å²) in [6, 6.07) is 6.46. The lowest BCUT2D eigenvalue weighted by atomic mass is 9.87. The average Bonchev–Trinajstić information content (AvgIpc) is 2.81. The third kappa shape index (κ3) is 10.2. The molecule has 0 aliphatic heterocycles. The number of carbonyl (C=O) groups is 2. The Bertz CT molecular complexity index is 734. The number of rotatable bonds is 17. The van der Waals surface area contributed by atoms with E-state index >= 15 is 0 Å². The fourth-order valence-corrected chi connectivity index (χ4v) is 3.78. The number of hydrogen-bond acceptors (Lipinski definition) is 6. The lowest BCUT2D eigenvalue weighted by Crippen LogP contribution is -2.47. The second-order valence-electron chi connectivity index (χ2n) is 9.26. The van der Waals surface area contributed by atoms with Crippen LogP contribution in [0.4, 0.5) is 0 Å². The van der Waals surface area contributed by atoms with Crippen molar-refractivity contribution in [3.8, 4) is 5.75 Å². The molecule has 0 aliphatic rings. The summed E-state index contributed by atoms with van der Waals surface area (Å²) >= 11 is 6.44. The normalized spacial score (nSPS) is 14.1. The van der Waals surface area contributed by atoms with Crippen LogP contribution in [0, 0.1) is 11.8 Å². The maximum absolute atomic E-state index is 13.1. The maximum Gasteiger partial charge on any atom is 0.271 e. The van der Waals surface area contributed by atoms with Crippen LogP contribution in [0.3, 0.4) is 0 Å². The van der Waals surface area contributed by atoms with E-state index < -0.39 is 12.1 Å². The molecule has 0 bridgehead atoms. The Morgan fingerprint density at radius 3 is 2.38 bits per heavy atom. The molecule has 8 nitrogen and oxygen atoms in total. The summed E-state index contributed by atoms with van der Waals surface area (Å²) in [6.07, 6.45) is 1.99. The Balaban J connectivity index is 2.78. The van der Waals surface area contributed by atoms with Crippen molar-refractivity contribution in [3.63, 3.8) is 0 Å². The summed E-state index contributed by atoms with van der Waals surface area (Å²) < 4.78 is 12.0. The van der Waals surface area contributed by atoms with E-state index in [0.29, 0.717) is 30.9 Å². The molecule has 34 heavy (non-hydrogen) atoms. The first-order valence-corrected chi connectivity index (χ1v) is 12.3. The van der Waals surface area contributed by atoms with Gasteiger partial charge in [0.2, 0.25) is 6.41 Å². The fraction of sp³-hybridized carbons (Fsp3) is 0.680. The smallest absolute Gasteiger partial charge is 0.271 e. The van der Waals surface area contributed by atoms with E-state index in [1.165, 1.54) is 9.32 Å². The molecule has 0 aromatic heterocycles. The lowest BCUT2D eigenvalue weighted by molar-refractivity contribution is -0.121. The standard InChI is InChI=1S/C25H42ClN3O5/c1-18(2)20(14-22(27)23(31)16-28(17-30)19(3)4)15-29(26)25(32)21-10-6-7-11-24(21)34-13-9-8-12-33-5/h6-7,10-11,17-20,22-23,31H,8-9,12-16,27H2,1-5H3/t20-,22+,23+/m1/s1. The molecular formula is C25H42ClN3O5. The summed E-state index contributed by atoms with van der Waals surface area (Å²) in [5.41, 5.74) is 6.67. The quantitative estimate of drug-likeness (QED) is 0.193. The fourth-order valence-electron chi connectivity index (χ4n) is 3.51. The van der Waals surface area contributed by atoms with Crippen LogP contribution in [0.1, 0.15) is 57.3 Å². The predicted molar refractivity (Wildman–Crippen MR) is 135 cm³/mol. The van der Waals surface area contributed by atoms with Gasteiger partial charge in [-0.2, -0.15) is 0 Å². The summed E-state index contributed by atoms with van der Waals surface area (Å²) in [5, 5.41) is 10.5. The molecular weight excluding hydrogens is 458 g/mol. The van der Waals surface area contributed by atoms with Gasteiger partial charge in [0.15, 0.2) is 0 Å². The number of carbonyl (C=O) groups excluding carboxylic acids is 2. The van der Waals surface area contributed by atoms with Crippen LogP contribution in [0.5, 0.6) is 5.75 Å². The molecule has 0 saturated heterocycles. The van der Waals surface area contributed by atoms with Crippen LogP contribution in [0.2, 0.25) is 0 Å². The van der Waals surface area contributed by atoms with Crippen molar-refractivity contribution >= 4 is 24.1 Å². The van der Waals surface area contributed by atoms with E-state index in [1.54, 1.807) is 25.3 Å². The van der Waals surface area contributed by atoms with Crippen molar-refractivity contribution in [3.05, 3.63) is 29.8 Å². The summed E-state index contributed by atoms with van der Waals surface area (Å²) in [7, 11) is 1.66. The molecule has 0 aliphatic carbocycles. The minimum atomic E-state index is -0.874. The monoisotopic (exact) mass is 499 g/mol. The lowest BCUT2D eigenvalue weighted by Gasteiger charge is -2.31. The zero-order valence-electron chi connectivity index (χ0n) is 21.2. The number of amides is 2. The van der Waals surface area contributed by atoms with Crippen LogP contribution in [-0.4, -0.2) is 78.3 Å². The van der Waals surface area contributed by atoms with Crippen LogP contribution < -0.4 is 10.5 Å². The number of ether oxygens (including phenoxy) is 2. The van der Waals surface area contributed by atoms with Gasteiger partial charge in [-0.3, -0.25) is 14.0 Å². The number of hydrogen-bond donors (Lipinski definition) is 2. The Hall–Kier alpha value is -1.87. The molecule has 9 heteroatoms. The largest absolute Gasteiger partial charge is 0.493 e. The van der Waals surface area contributed by atoms with Crippen molar-refractivity contribution in [1.82, 2.24) is 9.32 Å². The summed E-state index contributed by atoms with van der Waals surface area (Å²) in [4.78, 5) is 25.8. The molecule has 0 fully saturated rings. The molecule has 0 radical (unpaired) electrons. The van der Waals surface area contributed by atoms with Gasteiger partial charge < -0.3 is 25.2 Å². The highest BCUT2D eigenvalue weighted by Crippen LogP contribution is 2.25. The first-order valence-electron chi connectivity index (χ1n) is 11.9. The average molecular weight is 500 g/mol. The maximum atomic E-state index is 13.1. The van der Waals surface area contributed by atoms with E-state index in [2.05, 4.69) is 0 Å². The number of halogens is 1. The molecule has 1 aromatic rings. The zero-order chi connectivity index (χ0) is 25.7. The second kappa shape index (κ2) is 15.9. The number of para-hydroxylation sites is 1. The Labute approximate surface area is 209 Å². The molecule has 0 unspecified atom stereocenters. The number of nitrogens with two attached hydrogens (primary N) is 1. The summed E-state index contributed by atoms with van der Waals surface area (Å²) in [6.45, 7) is 9.38. The molecule has 194 valence electrons.